The number of anilines is 2. The third-order valence-corrected chi connectivity index (χ3v) is 3.65. The van der Waals surface area contributed by atoms with E-state index in [9.17, 15) is 8.42 Å². The van der Waals surface area contributed by atoms with Gasteiger partial charge in [0, 0.05) is 36.5 Å². The lowest BCUT2D eigenvalue weighted by Gasteiger charge is -2.13. The highest BCUT2D eigenvalue weighted by molar-refractivity contribution is 9.10. The van der Waals surface area contributed by atoms with E-state index in [1.54, 1.807) is 18.5 Å². The number of hydrogen-bond acceptors (Lipinski definition) is 5. The first kappa shape index (κ1) is 15.7. The molecule has 0 fully saturated rings. The second-order valence-electron chi connectivity index (χ2n) is 4.72. The number of aromatic nitrogens is 2. The Morgan fingerprint density at radius 2 is 1.90 bits per heavy atom. The summed E-state index contributed by atoms with van der Waals surface area (Å²) >= 11 is 3.29. The van der Waals surface area contributed by atoms with Crippen molar-refractivity contribution < 1.29 is 8.42 Å². The number of pyridine rings is 2. The molecule has 0 aliphatic heterocycles. The van der Waals surface area contributed by atoms with Crippen LogP contribution >= 0.6 is 15.9 Å². The Kier molecular flexibility index (Phi) is 4.48. The maximum Gasteiger partial charge on any atom is 0.229 e. The first-order valence-electron chi connectivity index (χ1n) is 6.03. The molecule has 0 saturated heterocycles. The zero-order valence-electron chi connectivity index (χ0n) is 11.8. The predicted molar refractivity (Wildman–Crippen MR) is 88.0 cm³/mol. The van der Waals surface area contributed by atoms with Gasteiger partial charge in [0.25, 0.3) is 0 Å². The zero-order chi connectivity index (χ0) is 15.6. The largest absolute Gasteiger partial charge is 0.363 e. The molecular formula is C13H15BrN4O2S. The van der Waals surface area contributed by atoms with Crippen LogP contribution in [-0.4, -0.2) is 38.7 Å². The summed E-state index contributed by atoms with van der Waals surface area (Å²) < 4.78 is 26.1. The van der Waals surface area contributed by atoms with Crippen molar-refractivity contribution in [2.75, 3.05) is 30.0 Å². The highest BCUT2D eigenvalue weighted by Gasteiger charge is 2.12. The number of nitrogens with zero attached hydrogens (tertiary/aromatic N) is 3. The van der Waals surface area contributed by atoms with Crippen LogP contribution in [0, 0.1) is 0 Å². The van der Waals surface area contributed by atoms with Gasteiger partial charge in [-0.15, -0.1) is 0 Å². The molecule has 0 saturated carbocycles. The molecule has 0 radical (unpaired) electrons. The Bertz CT molecular complexity index is 745. The molecule has 21 heavy (non-hydrogen) atoms. The summed E-state index contributed by atoms with van der Waals surface area (Å²) in [5.41, 5.74) is 1.67. The van der Waals surface area contributed by atoms with Crippen LogP contribution in [0.4, 0.5) is 11.5 Å². The van der Waals surface area contributed by atoms with Crippen molar-refractivity contribution >= 4 is 37.5 Å². The number of rotatable bonds is 4. The summed E-state index contributed by atoms with van der Waals surface area (Å²) in [4.78, 5) is 10.5. The van der Waals surface area contributed by atoms with Crippen LogP contribution in [0.25, 0.3) is 11.3 Å². The molecule has 0 aromatic carbocycles. The molecule has 8 heteroatoms. The highest BCUT2D eigenvalue weighted by atomic mass is 79.9. The molecule has 2 rings (SSSR count). The monoisotopic (exact) mass is 370 g/mol. The molecule has 0 aliphatic carbocycles. The van der Waals surface area contributed by atoms with E-state index in [-0.39, 0.29) is 0 Å². The van der Waals surface area contributed by atoms with E-state index in [0.717, 1.165) is 17.6 Å². The van der Waals surface area contributed by atoms with Crippen LogP contribution in [0.3, 0.4) is 0 Å². The van der Waals surface area contributed by atoms with Crippen LogP contribution in [0.2, 0.25) is 0 Å². The van der Waals surface area contributed by atoms with Crippen molar-refractivity contribution in [1.82, 2.24) is 9.97 Å². The molecule has 0 amide bonds. The standard InChI is InChI=1S/C13H15BrN4O2S/c1-18(2)12-5-4-9(7-15-12)13-11(17-21(3,19)20)6-10(14)8-16-13/h4-8,17H,1-3H3. The first-order valence-corrected chi connectivity index (χ1v) is 8.72. The molecule has 6 nitrogen and oxygen atoms in total. The van der Waals surface area contributed by atoms with Crippen molar-refractivity contribution in [3.05, 3.63) is 35.1 Å². The Morgan fingerprint density at radius 3 is 2.43 bits per heavy atom. The SMILES string of the molecule is CN(C)c1ccc(-c2ncc(Br)cc2NS(C)(=O)=O)cn1. The maximum atomic E-state index is 11.5. The molecule has 0 bridgehead atoms. The normalized spacial score (nSPS) is 11.2. The molecular weight excluding hydrogens is 356 g/mol. The van der Waals surface area contributed by atoms with Crippen molar-refractivity contribution in [2.45, 2.75) is 0 Å². The minimum Gasteiger partial charge on any atom is -0.363 e. The molecule has 0 aliphatic rings. The lowest BCUT2D eigenvalue weighted by molar-refractivity contribution is 0.607. The van der Waals surface area contributed by atoms with Crippen LogP contribution in [-0.2, 0) is 10.0 Å². The molecule has 112 valence electrons. The van der Waals surface area contributed by atoms with Crippen LogP contribution in [0.5, 0.6) is 0 Å². The van der Waals surface area contributed by atoms with Gasteiger partial charge in [-0.1, -0.05) is 0 Å². The second-order valence-corrected chi connectivity index (χ2v) is 7.39. The number of sulfonamides is 1. The lowest BCUT2D eigenvalue weighted by Crippen LogP contribution is -2.12. The van der Waals surface area contributed by atoms with Crippen molar-refractivity contribution in [1.29, 1.82) is 0 Å². The second kappa shape index (κ2) is 5.98. The molecule has 2 heterocycles. The Hall–Kier alpha value is -1.67. The summed E-state index contributed by atoms with van der Waals surface area (Å²) in [5.74, 6) is 0.813. The van der Waals surface area contributed by atoms with Gasteiger partial charge in [0.15, 0.2) is 0 Å². The van der Waals surface area contributed by atoms with Gasteiger partial charge < -0.3 is 4.90 Å². The third kappa shape index (κ3) is 4.15. The molecule has 0 unspecified atom stereocenters. The van der Waals surface area contributed by atoms with Gasteiger partial charge in [-0.05, 0) is 34.1 Å². The van der Waals surface area contributed by atoms with Crippen molar-refractivity contribution in [3.63, 3.8) is 0 Å². The fourth-order valence-corrected chi connectivity index (χ4v) is 2.62. The predicted octanol–water partition coefficient (Wildman–Crippen LogP) is 2.34. The summed E-state index contributed by atoms with van der Waals surface area (Å²) in [6, 6.07) is 5.37. The lowest BCUT2D eigenvalue weighted by atomic mass is 10.1. The quantitative estimate of drug-likeness (QED) is 0.893. The van der Waals surface area contributed by atoms with Gasteiger partial charge >= 0.3 is 0 Å². The molecule has 2 aromatic heterocycles. The van der Waals surface area contributed by atoms with Crippen LogP contribution in [0.15, 0.2) is 35.1 Å². The third-order valence-electron chi connectivity index (χ3n) is 2.63. The summed E-state index contributed by atoms with van der Waals surface area (Å²) in [5, 5.41) is 0. The van der Waals surface area contributed by atoms with Crippen molar-refractivity contribution in [2.24, 2.45) is 0 Å². The van der Waals surface area contributed by atoms with E-state index < -0.39 is 10.0 Å². The zero-order valence-corrected chi connectivity index (χ0v) is 14.2. The van der Waals surface area contributed by atoms with E-state index in [2.05, 4.69) is 30.6 Å². The van der Waals surface area contributed by atoms with Crippen LogP contribution < -0.4 is 9.62 Å². The fourth-order valence-electron chi connectivity index (χ4n) is 1.74. The molecule has 2 aromatic rings. The Labute approximate surface area is 132 Å². The summed E-state index contributed by atoms with van der Waals surface area (Å²) in [6.45, 7) is 0. The summed E-state index contributed by atoms with van der Waals surface area (Å²) in [7, 11) is 0.413. The Balaban J connectivity index is 2.47. The minimum absolute atomic E-state index is 0.409. The van der Waals surface area contributed by atoms with E-state index >= 15 is 0 Å². The average Bonchev–Trinajstić information content (AvgIpc) is 2.37. The average molecular weight is 371 g/mol. The number of hydrogen-bond donors (Lipinski definition) is 1. The smallest absolute Gasteiger partial charge is 0.229 e. The van der Waals surface area contributed by atoms with Gasteiger partial charge in [-0.25, -0.2) is 13.4 Å². The fraction of sp³-hybridized carbons (Fsp3) is 0.231. The van der Waals surface area contributed by atoms with E-state index in [1.165, 1.54) is 0 Å². The minimum atomic E-state index is -3.39. The number of nitrogens with one attached hydrogen (secondary N) is 1. The van der Waals surface area contributed by atoms with Gasteiger partial charge in [-0.2, -0.15) is 0 Å². The molecule has 1 N–H and O–H groups in total. The van der Waals surface area contributed by atoms with Crippen LogP contribution in [0.1, 0.15) is 0 Å². The van der Waals surface area contributed by atoms with Crippen molar-refractivity contribution in [3.8, 4) is 11.3 Å². The molecule has 0 atom stereocenters. The topological polar surface area (TPSA) is 75.2 Å². The first-order chi connectivity index (χ1) is 9.76. The van der Waals surface area contributed by atoms with Gasteiger partial charge in [0.1, 0.15) is 5.82 Å². The van der Waals surface area contributed by atoms with Gasteiger partial charge in [-0.3, -0.25) is 9.71 Å². The summed E-state index contributed by atoms with van der Waals surface area (Å²) in [6.07, 6.45) is 4.38. The van der Waals surface area contributed by atoms with Gasteiger partial charge in [0.05, 0.1) is 17.6 Å². The van der Waals surface area contributed by atoms with E-state index in [1.807, 2.05) is 31.1 Å². The van der Waals surface area contributed by atoms with Gasteiger partial charge in [0.2, 0.25) is 10.0 Å². The molecule has 0 spiro atoms. The maximum absolute atomic E-state index is 11.5. The van der Waals surface area contributed by atoms with E-state index in [0.29, 0.717) is 15.9 Å². The van der Waals surface area contributed by atoms with E-state index in [4.69, 9.17) is 0 Å². The Morgan fingerprint density at radius 1 is 1.19 bits per heavy atom. The highest BCUT2D eigenvalue weighted by Crippen LogP contribution is 2.29. The number of halogens is 1.